The third kappa shape index (κ3) is 6.56. The number of likely N-dealkylation sites (N-methyl/N-ethyl adjacent to an activating group) is 1. The predicted octanol–water partition coefficient (Wildman–Crippen LogP) is -2.56. The SMILES string of the molecule is C=C.CNC[C@H](O)[C@@H](O)[C@H](O)[C@H](O)CO. The van der Waals surface area contributed by atoms with Gasteiger partial charge in [-0.25, -0.2) is 0 Å². The molecule has 0 unspecified atom stereocenters. The molecule has 0 aromatic carbocycles. The molecule has 6 N–H and O–H groups in total. The summed E-state index contributed by atoms with van der Waals surface area (Å²) in [5.74, 6) is 0. The Morgan fingerprint density at radius 1 is 1.00 bits per heavy atom. The summed E-state index contributed by atoms with van der Waals surface area (Å²) >= 11 is 0. The molecule has 0 spiro atoms. The number of rotatable bonds is 6. The summed E-state index contributed by atoms with van der Waals surface area (Å²) in [6.07, 6.45) is -5.65. The largest absolute Gasteiger partial charge is 0.394 e. The number of aliphatic hydroxyl groups excluding tert-OH is 5. The molecule has 0 aromatic rings. The van der Waals surface area contributed by atoms with Gasteiger partial charge in [0.1, 0.15) is 18.3 Å². The molecule has 6 heteroatoms. The zero-order chi connectivity index (χ0) is 12.4. The summed E-state index contributed by atoms with van der Waals surface area (Å²) in [7, 11) is 1.57. The zero-order valence-electron chi connectivity index (χ0n) is 8.87. The molecule has 0 aliphatic heterocycles. The van der Waals surface area contributed by atoms with Crippen LogP contribution in [0.25, 0.3) is 0 Å². The first kappa shape index (κ1) is 16.9. The van der Waals surface area contributed by atoms with Crippen LogP contribution in [0.5, 0.6) is 0 Å². The Morgan fingerprint density at radius 3 is 1.73 bits per heavy atom. The van der Waals surface area contributed by atoms with Crippen LogP contribution in [-0.2, 0) is 0 Å². The van der Waals surface area contributed by atoms with E-state index < -0.39 is 31.0 Å². The average molecular weight is 223 g/mol. The second-order valence-electron chi connectivity index (χ2n) is 2.86. The third-order valence-corrected chi connectivity index (χ3v) is 1.74. The molecule has 4 atom stereocenters. The molecule has 15 heavy (non-hydrogen) atoms. The number of hydrogen-bond donors (Lipinski definition) is 6. The van der Waals surface area contributed by atoms with Crippen molar-refractivity contribution in [3.05, 3.63) is 13.2 Å². The van der Waals surface area contributed by atoms with Gasteiger partial charge in [-0.05, 0) is 7.05 Å². The van der Waals surface area contributed by atoms with Gasteiger partial charge < -0.3 is 30.8 Å². The molecule has 0 fully saturated rings. The Balaban J connectivity index is 0. The molecule has 0 radical (unpaired) electrons. The van der Waals surface area contributed by atoms with Gasteiger partial charge in [-0.2, -0.15) is 0 Å². The molecular weight excluding hydrogens is 202 g/mol. The van der Waals surface area contributed by atoms with Gasteiger partial charge in [-0.3, -0.25) is 0 Å². The molecule has 0 aliphatic rings. The maximum Gasteiger partial charge on any atom is 0.111 e. The minimum atomic E-state index is -1.55. The van der Waals surface area contributed by atoms with Crippen LogP contribution in [0.1, 0.15) is 0 Å². The van der Waals surface area contributed by atoms with Crippen LogP contribution in [0, 0.1) is 0 Å². The number of aliphatic hydroxyl groups is 5. The second-order valence-corrected chi connectivity index (χ2v) is 2.86. The lowest BCUT2D eigenvalue weighted by Gasteiger charge is -2.25. The monoisotopic (exact) mass is 223 g/mol. The van der Waals surface area contributed by atoms with Gasteiger partial charge >= 0.3 is 0 Å². The van der Waals surface area contributed by atoms with E-state index in [1.54, 1.807) is 7.05 Å². The van der Waals surface area contributed by atoms with Gasteiger partial charge in [0, 0.05) is 6.54 Å². The molecule has 0 amide bonds. The lowest BCUT2D eigenvalue weighted by molar-refractivity contribution is -0.113. The van der Waals surface area contributed by atoms with E-state index >= 15 is 0 Å². The van der Waals surface area contributed by atoms with Gasteiger partial charge in [0.05, 0.1) is 12.7 Å². The molecule has 0 rings (SSSR count). The normalized spacial score (nSPS) is 18.3. The van der Waals surface area contributed by atoms with Crippen LogP contribution in [0.2, 0.25) is 0 Å². The lowest BCUT2D eigenvalue weighted by Crippen LogP contribution is -2.48. The first-order valence-electron chi connectivity index (χ1n) is 4.52. The highest BCUT2D eigenvalue weighted by molar-refractivity contribution is 4.81. The molecule has 0 saturated carbocycles. The molecule has 92 valence electrons. The van der Waals surface area contributed by atoms with Crippen molar-refractivity contribution < 1.29 is 25.5 Å². The fraction of sp³-hybridized carbons (Fsp3) is 0.778. The fourth-order valence-electron chi connectivity index (χ4n) is 0.893. The van der Waals surface area contributed by atoms with Crippen LogP contribution in [0.15, 0.2) is 13.2 Å². The van der Waals surface area contributed by atoms with E-state index in [0.717, 1.165) is 0 Å². The molecule has 0 bridgehead atoms. The van der Waals surface area contributed by atoms with Gasteiger partial charge in [-0.15, -0.1) is 13.2 Å². The maximum atomic E-state index is 9.21. The highest BCUT2D eigenvalue weighted by Gasteiger charge is 2.29. The Bertz CT molecular complexity index is 146. The van der Waals surface area contributed by atoms with E-state index in [9.17, 15) is 5.11 Å². The summed E-state index contributed by atoms with van der Waals surface area (Å²) in [5, 5.41) is 47.5. The van der Waals surface area contributed by atoms with E-state index in [-0.39, 0.29) is 6.54 Å². The Morgan fingerprint density at radius 2 is 1.40 bits per heavy atom. The topological polar surface area (TPSA) is 113 Å². The summed E-state index contributed by atoms with van der Waals surface area (Å²) in [6, 6.07) is 0. The van der Waals surface area contributed by atoms with Crippen molar-refractivity contribution in [2.45, 2.75) is 24.4 Å². The predicted molar refractivity (Wildman–Crippen MR) is 56.3 cm³/mol. The van der Waals surface area contributed by atoms with Crippen molar-refractivity contribution in [3.63, 3.8) is 0 Å². The summed E-state index contributed by atoms with van der Waals surface area (Å²) in [6.45, 7) is 5.43. The standard InChI is InChI=1S/C7H17NO5.C2H4/c1-8-2-4(10)6(12)7(13)5(11)3-9;1-2/h4-13H,2-3H2,1H3;1-2H2/t4-,5+,6+,7+;/m0./s1. The van der Waals surface area contributed by atoms with Crippen molar-refractivity contribution in [2.75, 3.05) is 20.2 Å². The fourth-order valence-corrected chi connectivity index (χ4v) is 0.893. The minimum absolute atomic E-state index is 0.0936. The maximum absolute atomic E-state index is 9.21. The van der Waals surface area contributed by atoms with Crippen LogP contribution in [0.3, 0.4) is 0 Å². The Kier molecular flexibility index (Phi) is 11.3. The van der Waals surface area contributed by atoms with Crippen LogP contribution in [0.4, 0.5) is 0 Å². The van der Waals surface area contributed by atoms with Crippen LogP contribution >= 0.6 is 0 Å². The molecule has 6 nitrogen and oxygen atoms in total. The average Bonchev–Trinajstić information content (AvgIpc) is 2.29. The first-order valence-corrected chi connectivity index (χ1v) is 4.52. The Hall–Kier alpha value is -0.500. The quantitative estimate of drug-likeness (QED) is 0.276. The molecule has 0 heterocycles. The first-order chi connectivity index (χ1) is 7.04. The van der Waals surface area contributed by atoms with E-state index in [4.69, 9.17) is 20.4 Å². The van der Waals surface area contributed by atoms with Gasteiger partial charge in [0.2, 0.25) is 0 Å². The minimum Gasteiger partial charge on any atom is -0.394 e. The van der Waals surface area contributed by atoms with E-state index in [1.165, 1.54) is 0 Å². The molecule has 0 aliphatic carbocycles. The molecular formula is C9H21NO5. The smallest absolute Gasteiger partial charge is 0.111 e. The lowest BCUT2D eigenvalue weighted by atomic mass is 10.0. The summed E-state index contributed by atoms with van der Waals surface area (Å²) in [4.78, 5) is 0. The highest BCUT2D eigenvalue weighted by Crippen LogP contribution is 2.04. The number of nitrogens with one attached hydrogen (secondary N) is 1. The van der Waals surface area contributed by atoms with Gasteiger partial charge in [-0.1, -0.05) is 0 Å². The summed E-state index contributed by atoms with van der Waals surface area (Å²) < 4.78 is 0. The highest BCUT2D eigenvalue weighted by atomic mass is 16.4. The molecule has 0 aromatic heterocycles. The van der Waals surface area contributed by atoms with E-state index in [0.29, 0.717) is 0 Å². The third-order valence-electron chi connectivity index (χ3n) is 1.74. The molecule has 0 saturated heterocycles. The van der Waals surface area contributed by atoms with Gasteiger partial charge in [0.25, 0.3) is 0 Å². The Labute approximate surface area is 89.5 Å². The second kappa shape index (κ2) is 10.0. The summed E-state index contributed by atoms with van der Waals surface area (Å²) in [5.41, 5.74) is 0. The van der Waals surface area contributed by atoms with Crippen LogP contribution in [-0.4, -0.2) is 70.1 Å². The van der Waals surface area contributed by atoms with Crippen LogP contribution < -0.4 is 5.32 Å². The van der Waals surface area contributed by atoms with Crippen molar-refractivity contribution in [1.29, 1.82) is 0 Å². The number of hydrogen-bond acceptors (Lipinski definition) is 6. The zero-order valence-corrected chi connectivity index (χ0v) is 8.87. The van der Waals surface area contributed by atoms with Crippen molar-refractivity contribution in [2.24, 2.45) is 0 Å². The van der Waals surface area contributed by atoms with Crippen molar-refractivity contribution in [1.82, 2.24) is 5.32 Å². The van der Waals surface area contributed by atoms with Crippen molar-refractivity contribution >= 4 is 0 Å². The van der Waals surface area contributed by atoms with E-state index in [1.807, 2.05) is 0 Å². The van der Waals surface area contributed by atoms with Crippen molar-refractivity contribution in [3.8, 4) is 0 Å². The van der Waals surface area contributed by atoms with E-state index in [2.05, 4.69) is 18.5 Å². The van der Waals surface area contributed by atoms with Gasteiger partial charge in [0.15, 0.2) is 0 Å².